The van der Waals surface area contributed by atoms with Crippen molar-refractivity contribution in [1.29, 1.82) is 0 Å². The van der Waals surface area contributed by atoms with Gasteiger partial charge in [-0.3, -0.25) is 9.69 Å². The third kappa shape index (κ3) is 2.85. The predicted molar refractivity (Wildman–Crippen MR) is 78.0 cm³/mol. The number of thioether (sulfide) groups is 1. The third-order valence-corrected chi connectivity index (χ3v) is 5.17. The highest BCUT2D eigenvalue weighted by Gasteiger charge is 2.33. The molecule has 20 heavy (non-hydrogen) atoms. The van der Waals surface area contributed by atoms with E-state index in [0.29, 0.717) is 18.5 Å². The van der Waals surface area contributed by atoms with E-state index >= 15 is 0 Å². The summed E-state index contributed by atoms with van der Waals surface area (Å²) in [6, 6.07) is 8.29. The number of carbonyl (C=O) groups excluding carboxylic acids is 1. The van der Waals surface area contributed by atoms with Crippen molar-refractivity contribution < 1.29 is 14.3 Å². The van der Waals surface area contributed by atoms with Gasteiger partial charge < -0.3 is 9.47 Å². The number of ether oxygens (including phenoxy) is 2. The quantitative estimate of drug-likeness (QED) is 0.791. The molecule has 2 aliphatic heterocycles. The Morgan fingerprint density at radius 3 is 3.15 bits per heavy atom. The summed E-state index contributed by atoms with van der Waals surface area (Å²) in [6.07, 6.45) is 1.08. The fourth-order valence-electron chi connectivity index (χ4n) is 2.83. The van der Waals surface area contributed by atoms with Gasteiger partial charge in [0.05, 0.1) is 20.3 Å². The van der Waals surface area contributed by atoms with Crippen LogP contribution in [0.5, 0.6) is 0 Å². The summed E-state index contributed by atoms with van der Waals surface area (Å²) in [5.41, 5.74) is 1.42. The number of rotatable bonds is 3. The first kappa shape index (κ1) is 13.9. The van der Waals surface area contributed by atoms with E-state index in [1.165, 1.54) is 17.6 Å². The van der Waals surface area contributed by atoms with Gasteiger partial charge in [0, 0.05) is 23.2 Å². The van der Waals surface area contributed by atoms with E-state index in [1.807, 2.05) is 11.8 Å². The van der Waals surface area contributed by atoms with Crippen molar-refractivity contribution >= 4 is 17.7 Å². The maximum atomic E-state index is 11.8. The molecule has 5 heteroatoms. The van der Waals surface area contributed by atoms with Crippen molar-refractivity contribution in [2.75, 3.05) is 33.4 Å². The summed E-state index contributed by atoms with van der Waals surface area (Å²) in [4.78, 5) is 15.4. The minimum Gasteiger partial charge on any atom is -0.468 e. The highest BCUT2D eigenvalue weighted by Crippen LogP contribution is 2.37. The molecule has 1 fully saturated rings. The molecule has 3 rings (SSSR count). The number of benzene rings is 1. The molecule has 0 aromatic heterocycles. The van der Waals surface area contributed by atoms with E-state index in [9.17, 15) is 4.79 Å². The van der Waals surface area contributed by atoms with Gasteiger partial charge in [-0.2, -0.15) is 0 Å². The average molecular weight is 293 g/mol. The van der Waals surface area contributed by atoms with Crippen LogP contribution in [-0.4, -0.2) is 55.6 Å². The normalized spacial score (nSPS) is 26.2. The monoisotopic (exact) mass is 293 g/mol. The molecular weight excluding hydrogens is 274 g/mol. The Hall–Kier alpha value is -1.04. The van der Waals surface area contributed by atoms with E-state index in [2.05, 4.69) is 29.2 Å². The Morgan fingerprint density at radius 1 is 1.50 bits per heavy atom. The summed E-state index contributed by atoms with van der Waals surface area (Å²) < 4.78 is 10.3. The van der Waals surface area contributed by atoms with Crippen LogP contribution in [0.25, 0.3) is 0 Å². The van der Waals surface area contributed by atoms with Gasteiger partial charge in [-0.1, -0.05) is 18.2 Å². The van der Waals surface area contributed by atoms with Gasteiger partial charge in [-0.15, -0.1) is 11.8 Å². The highest BCUT2D eigenvalue weighted by molar-refractivity contribution is 8.00. The lowest BCUT2D eigenvalue weighted by Gasteiger charge is -2.34. The second-order valence-corrected chi connectivity index (χ2v) is 6.50. The van der Waals surface area contributed by atoms with Crippen LogP contribution in [0.3, 0.4) is 0 Å². The van der Waals surface area contributed by atoms with Crippen molar-refractivity contribution in [2.24, 2.45) is 0 Å². The van der Waals surface area contributed by atoms with E-state index in [-0.39, 0.29) is 12.0 Å². The summed E-state index contributed by atoms with van der Waals surface area (Å²) in [5, 5.41) is 0.512. The van der Waals surface area contributed by atoms with Crippen LogP contribution in [0, 0.1) is 0 Å². The van der Waals surface area contributed by atoms with Crippen LogP contribution >= 0.6 is 11.8 Å². The molecule has 0 spiro atoms. The van der Waals surface area contributed by atoms with Crippen molar-refractivity contribution in [3.63, 3.8) is 0 Å². The number of fused-ring (bicyclic) bond motifs is 1. The van der Waals surface area contributed by atoms with Crippen molar-refractivity contribution in [1.82, 2.24) is 4.90 Å². The molecule has 1 saturated heterocycles. The molecule has 2 unspecified atom stereocenters. The first-order chi connectivity index (χ1) is 9.78. The zero-order chi connectivity index (χ0) is 13.9. The van der Waals surface area contributed by atoms with Gasteiger partial charge in [0.1, 0.15) is 6.04 Å². The minimum absolute atomic E-state index is 0.190. The van der Waals surface area contributed by atoms with Crippen molar-refractivity contribution in [3.8, 4) is 0 Å². The smallest absolute Gasteiger partial charge is 0.325 e. The second kappa shape index (κ2) is 6.16. The molecule has 0 saturated carbocycles. The molecule has 0 bridgehead atoms. The zero-order valence-electron chi connectivity index (χ0n) is 11.6. The SMILES string of the molecule is COC(=O)C1COCCN1CC1Cc2ccccc2S1. The van der Waals surface area contributed by atoms with Crippen LogP contribution in [0.15, 0.2) is 29.2 Å². The summed E-state index contributed by atoms with van der Waals surface area (Å²) >= 11 is 1.92. The van der Waals surface area contributed by atoms with Crippen LogP contribution in [-0.2, 0) is 20.7 Å². The van der Waals surface area contributed by atoms with E-state index in [0.717, 1.165) is 19.5 Å². The largest absolute Gasteiger partial charge is 0.468 e. The minimum atomic E-state index is -0.252. The third-order valence-electron chi connectivity index (χ3n) is 3.86. The Morgan fingerprint density at radius 2 is 2.35 bits per heavy atom. The molecule has 4 nitrogen and oxygen atoms in total. The molecule has 2 heterocycles. The van der Waals surface area contributed by atoms with Crippen molar-refractivity contribution in [3.05, 3.63) is 29.8 Å². The Labute approximate surface area is 123 Å². The van der Waals surface area contributed by atoms with Crippen LogP contribution < -0.4 is 0 Å². The molecular formula is C15H19NO3S. The zero-order valence-corrected chi connectivity index (χ0v) is 12.4. The van der Waals surface area contributed by atoms with Gasteiger partial charge in [-0.25, -0.2) is 0 Å². The Balaban J connectivity index is 1.64. The highest BCUT2D eigenvalue weighted by atomic mass is 32.2. The van der Waals surface area contributed by atoms with E-state index < -0.39 is 0 Å². The van der Waals surface area contributed by atoms with E-state index in [4.69, 9.17) is 9.47 Å². The fourth-order valence-corrected chi connectivity index (χ4v) is 4.17. The summed E-state index contributed by atoms with van der Waals surface area (Å²) in [6.45, 7) is 2.84. The predicted octanol–water partition coefficient (Wildman–Crippen LogP) is 1.58. The second-order valence-electron chi connectivity index (χ2n) is 5.16. The summed E-state index contributed by atoms with van der Waals surface area (Å²) in [7, 11) is 1.44. The first-order valence-electron chi connectivity index (χ1n) is 6.92. The van der Waals surface area contributed by atoms with Gasteiger partial charge in [-0.05, 0) is 18.1 Å². The number of nitrogens with zero attached hydrogens (tertiary/aromatic N) is 1. The fraction of sp³-hybridized carbons (Fsp3) is 0.533. The van der Waals surface area contributed by atoms with Crippen LogP contribution in [0.2, 0.25) is 0 Å². The number of methoxy groups -OCH3 is 1. The number of hydrogen-bond donors (Lipinski definition) is 0. The molecule has 1 aromatic carbocycles. The number of hydrogen-bond acceptors (Lipinski definition) is 5. The first-order valence-corrected chi connectivity index (χ1v) is 7.80. The summed E-state index contributed by atoms with van der Waals surface area (Å²) in [5.74, 6) is -0.190. The number of carbonyl (C=O) groups is 1. The molecule has 0 N–H and O–H groups in total. The standard InChI is InChI=1S/C15H19NO3S/c1-18-15(17)13-10-19-7-6-16(13)9-12-8-11-4-2-3-5-14(11)20-12/h2-5,12-13H,6-10H2,1H3. The lowest BCUT2D eigenvalue weighted by molar-refractivity contribution is -0.153. The average Bonchev–Trinajstić information content (AvgIpc) is 2.89. The molecule has 0 radical (unpaired) electrons. The Bertz CT molecular complexity index is 469. The molecule has 0 amide bonds. The Kier molecular flexibility index (Phi) is 4.29. The van der Waals surface area contributed by atoms with Gasteiger partial charge >= 0.3 is 5.97 Å². The maximum Gasteiger partial charge on any atom is 0.325 e. The van der Waals surface area contributed by atoms with Crippen molar-refractivity contribution in [2.45, 2.75) is 22.6 Å². The molecule has 2 aliphatic rings. The van der Waals surface area contributed by atoms with Gasteiger partial charge in [0.25, 0.3) is 0 Å². The topological polar surface area (TPSA) is 38.8 Å². The number of morpholine rings is 1. The molecule has 1 aromatic rings. The van der Waals surface area contributed by atoms with E-state index in [1.54, 1.807) is 0 Å². The molecule has 0 aliphatic carbocycles. The lowest BCUT2D eigenvalue weighted by atomic mass is 10.1. The maximum absolute atomic E-state index is 11.8. The lowest BCUT2D eigenvalue weighted by Crippen LogP contribution is -2.52. The van der Waals surface area contributed by atoms with Crippen LogP contribution in [0.1, 0.15) is 5.56 Å². The number of esters is 1. The van der Waals surface area contributed by atoms with Crippen LogP contribution in [0.4, 0.5) is 0 Å². The molecule has 2 atom stereocenters. The van der Waals surface area contributed by atoms with Gasteiger partial charge in [0.2, 0.25) is 0 Å². The van der Waals surface area contributed by atoms with Gasteiger partial charge in [0.15, 0.2) is 0 Å². The molecule has 108 valence electrons.